The van der Waals surface area contributed by atoms with E-state index in [1.165, 1.54) is 0 Å². The number of carbonyl (C=O) groups is 1. The molecule has 8 nitrogen and oxygen atoms in total. The van der Waals surface area contributed by atoms with E-state index in [0.717, 1.165) is 63.1 Å². The Balaban J connectivity index is 0.00000300. The Hall–Kier alpha value is -1.59. The quantitative estimate of drug-likeness (QED) is 0.332. The van der Waals surface area contributed by atoms with Crippen LogP contribution in [0.2, 0.25) is 0 Å². The number of hydrogen-bond acceptors (Lipinski definition) is 5. The molecule has 0 aliphatic carbocycles. The number of rotatable bonds is 6. The fraction of sp³-hybridized carbons (Fsp3) is 0.600. The van der Waals surface area contributed by atoms with Gasteiger partial charge in [0.15, 0.2) is 5.96 Å². The minimum absolute atomic E-state index is 0. The second-order valence-corrected chi connectivity index (χ2v) is 7.06. The molecule has 1 amide bonds. The normalized spacial score (nSPS) is 20.1. The molecule has 2 N–H and O–H groups in total. The third kappa shape index (κ3) is 7.00. The van der Waals surface area contributed by atoms with Gasteiger partial charge in [-0.3, -0.25) is 14.7 Å². The molecule has 9 heteroatoms. The Morgan fingerprint density at radius 2 is 1.93 bits per heavy atom. The van der Waals surface area contributed by atoms with Crippen LogP contribution in [0.1, 0.15) is 12.0 Å². The second kappa shape index (κ2) is 12.2. The minimum Gasteiger partial charge on any atom is -0.497 e. The first-order chi connectivity index (χ1) is 13.7. The number of benzene rings is 1. The van der Waals surface area contributed by atoms with Crippen molar-refractivity contribution in [3.8, 4) is 5.75 Å². The van der Waals surface area contributed by atoms with Gasteiger partial charge in [-0.1, -0.05) is 12.1 Å². The van der Waals surface area contributed by atoms with E-state index in [1.807, 2.05) is 24.3 Å². The van der Waals surface area contributed by atoms with Crippen LogP contribution >= 0.6 is 24.0 Å². The lowest BCUT2D eigenvalue weighted by Crippen LogP contribution is -2.48. The summed E-state index contributed by atoms with van der Waals surface area (Å²) < 4.78 is 10.6. The van der Waals surface area contributed by atoms with Crippen LogP contribution in [-0.4, -0.2) is 87.8 Å². The van der Waals surface area contributed by atoms with Crippen molar-refractivity contribution < 1.29 is 14.3 Å². The smallest absolute Gasteiger partial charge is 0.239 e. The average molecular weight is 517 g/mol. The zero-order chi connectivity index (χ0) is 19.8. The van der Waals surface area contributed by atoms with E-state index in [1.54, 1.807) is 14.2 Å². The summed E-state index contributed by atoms with van der Waals surface area (Å²) in [5.74, 6) is 1.54. The molecule has 162 valence electrons. The van der Waals surface area contributed by atoms with Crippen molar-refractivity contribution in [2.24, 2.45) is 4.99 Å². The molecule has 0 saturated carbocycles. The van der Waals surface area contributed by atoms with Crippen LogP contribution in [-0.2, 0) is 16.1 Å². The minimum atomic E-state index is -0.0547. The first-order valence-electron chi connectivity index (χ1n) is 9.86. The van der Waals surface area contributed by atoms with Crippen molar-refractivity contribution >= 4 is 35.8 Å². The number of carbonyl (C=O) groups excluding carboxylic acids is 1. The van der Waals surface area contributed by atoms with Crippen molar-refractivity contribution in [1.29, 1.82) is 0 Å². The van der Waals surface area contributed by atoms with Gasteiger partial charge in [-0.15, -0.1) is 24.0 Å². The summed E-state index contributed by atoms with van der Waals surface area (Å²) in [6.07, 6.45) is 1.12. The molecule has 2 saturated heterocycles. The second-order valence-electron chi connectivity index (χ2n) is 7.06. The fourth-order valence-corrected chi connectivity index (χ4v) is 3.67. The number of aliphatic imine (C=N–C) groups is 1. The van der Waals surface area contributed by atoms with Gasteiger partial charge < -0.3 is 25.0 Å². The molecule has 1 aromatic rings. The molecule has 1 atom stereocenters. The van der Waals surface area contributed by atoms with E-state index in [9.17, 15) is 4.79 Å². The highest BCUT2D eigenvalue weighted by Gasteiger charge is 2.30. The molecule has 2 fully saturated rings. The summed E-state index contributed by atoms with van der Waals surface area (Å²) >= 11 is 0. The van der Waals surface area contributed by atoms with Gasteiger partial charge in [0.1, 0.15) is 5.75 Å². The van der Waals surface area contributed by atoms with Crippen LogP contribution in [0.3, 0.4) is 0 Å². The standard InChI is InChI=1S/C20H31N5O3.HI/c1-21-20(25-8-7-17(15-25)24-9-11-28-12-10-24)23-14-19(26)22-13-16-3-5-18(27-2)6-4-16;/h3-6,17H,7-15H2,1-2H3,(H,21,23)(H,22,26);1H. The van der Waals surface area contributed by atoms with Crippen LogP contribution in [0.4, 0.5) is 0 Å². The van der Waals surface area contributed by atoms with Gasteiger partial charge in [-0.05, 0) is 24.1 Å². The van der Waals surface area contributed by atoms with Gasteiger partial charge in [-0.2, -0.15) is 0 Å². The van der Waals surface area contributed by atoms with Crippen molar-refractivity contribution in [3.05, 3.63) is 29.8 Å². The highest BCUT2D eigenvalue weighted by Crippen LogP contribution is 2.17. The zero-order valence-electron chi connectivity index (χ0n) is 17.2. The molecule has 0 bridgehead atoms. The average Bonchev–Trinajstić information content (AvgIpc) is 3.24. The predicted octanol–water partition coefficient (Wildman–Crippen LogP) is 0.911. The maximum atomic E-state index is 12.2. The summed E-state index contributed by atoms with van der Waals surface area (Å²) in [6, 6.07) is 8.20. The lowest BCUT2D eigenvalue weighted by atomic mass is 10.2. The van der Waals surface area contributed by atoms with E-state index >= 15 is 0 Å². The number of methoxy groups -OCH3 is 1. The van der Waals surface area contributed by atoms with Gasteiger partial charge in [0, 0.05) is 45.8 Å². The molecule has 29 heavy (non-hydrogen) atoms. The van der Waals surface area contributed by atoms with Crippen LogP contribution in [0.15, 0.2) is 29.3 Å². The molecular weight excluding hydrogens is 485 g/mol. The first kappa shape index (κ1) is 23.7. The number of halogens is 1. The lowest BCUT2D eigenvalue weighted by molar-refractivity contribution is -0.120. The van der Waals surface area contributed by atoms with Gasteiger partial charge in [-0.25, -0.2) is 0 Å². The Kier molecular flexibility index (Phi) is 9.95. The monoisotopic (exact) mass is 517 g/mol. The van der Waals surface area contributed by atoms with E-state index in [4.69, 9.17) is 9.47 Å². The fourth-order valence-electron chi connectivity index (χ4n) is 3.67. The molecular formula is C20H32IN5O3. The maximum Gasteiger partial charge on any atom is 0.239 e. The molecule has 0 aromatic heterocycles. The molecule has 1 aromatic carbocycles. The first-order valence-corrected chi connectivity index (χ1v) is 9.86. The molecule has 1 unspecified atom stereocenters. The Morgan fingerprint density at radius 1 is 1.21 bits per heavy atom. The topological polar surface area (TPSA) is 78.4 Å². The molecule has 2 aliphatic heterocycles. The number of likely N-dealkylation sites (tertiary alicyclic amines) is 1. The number of amides is 1. The van der Waals surface area contributed by atoms with Gasteiger partial charge in [0.2, 0.25) is 5.91 Å². The molecule has 2 heterocycles. The Bertz CT molecular complexity index is 665. The Labute approximate surface area is 190 Å². The third-order valence-electron chi connectivity index (χ3n) is 5.29. The summed E-state index contributed by atoms with van der Waals surface area (Å²) in [5.41, 5.74) is 1.03. The summed E-state index contributed by atoms with van der Waals surface area (Å²) in [4.78, 5) is 21.3. The van der Waals surface area contributed by atoms with Crippen LogP contribution in [0.5, 0.6) is 5.75 Å². The van der Waals surface area contributed by atoms with Crippen molar-refractivity contribution in [1.82, 2.24) is 20.4 Å². The highest BCUT2D eigenvalue weighted by molar-refractivity contribution is 14.0. The van der Waals surface area contributed by atoms with Crippen LogP contribution < -0.4 is 15.4 Å². The number of nitrogens with zero attached hydrogens (tertiary/aromatic N) is 3. The summed E-state index contributed by atoms with van der Waals surface area (Å²) in [5, 5.41) is 6.12. The molecule has 2 aliphatic rings. The molecule has 0 radical (unpaired) electrons. The number of hydrogen-bond donors (Lipinski definition) is 2. The van der Waals surface area contributed by atoms with Gasteiger partial charge >= 0.3 is 0 Å². The molecule has 3 rings (SSSR count). The Morgan fingerprint density at radius 3 is 2.59 bits per heavy atom. The van der Waals surface area contributed by atoms with Crippen molar-refractivity contribution in [2.75, 3.05) is 60.1 Å². The van der Waals surface area contributed by atoms with E-state index in [2.05, 4.69) is 25.4 Å². The van der Waals surface area contributed by atoms with E-state index < -0.39 is 0 Å². The van der Waals surface area contributed by atoms with Crippen molar-refractivity contribution in [3.63, 3.8) is 0 Å². The number of nitrogens with one attached hydrogen (secondary N) is 2. The summed E-state index contributed by atoms with van der Waals surface area (Å²) in [6.45, 7) is 6.22. The summed E-state index contributed by atoms with van der Waals surface area (Å²) in [7, 11) is 3.40. The van der Waals surface area contributed by atoms with E-state index in [0.29, 0.717) is 12.6 Å². The van der Waals surface area contributed by atoms with Crippen molar-refractivity contribution in [2.45, 2.75) is 19.0 Å². The highest BCUT2D eigenvalue weighted by atomic mass is 127. The zero-order valence-corrected chi connectivity index (χ0v) is 19.6. The largest absolute Gasteiger partial charge is 0.497 e. The number of ether oxygens (including phenoxy) is 2. The lowest BCUT2D eigenvalue weighted by Gasteiger charge is -2.32. The number of guanidine groups is 1. The predicted molar refractivity (Wildman–Crippen MR) is 124 cm³/mol. The van der Waals surface area contributed by atoms with Gasteiger partial charge in [0.25, 0.3) is 0 Å². The van der Waals surface area contributed by atoms with Crippen LogP contribution in [0, 0.1) is 0 Å². The van der Waals surface area contributed by atoms with Crippen LogP contribution in [0.25, 0.3) is 0 Å². The maximum absolute atomic E-state index is 12.2. The number of morpholine rings is 1. The van der Waals surface area contributed by atoms with E-state index in [-0.39, 0.29) is 36.4 Å². The third-order valence-corrected chi connectivity index (χ3v) is 5.29. The van der Waals surface area contributed by atoms with Gasteiger partial charge in [0.05, 0.1) is 26.9 Å². The SMILES string of the molecule is CN=C(NCC(=O)NCc1ccc(OC)cc1)N1CCC(N2CCOCC2)C1.I. The molecule has 0 spiro atoms.